The Kier molecular flexibility index (Phi) is 4.37. The molecule has 124 valence electrons. The van der Waals surface area contributed by atoms with Gasteiger partial charge in [-0.1, -0.05) is 18.2 Å². The molecule has 2 amide bonds. The third-order valence-corrected chi connectivity index (χ3v) is 4.03. The molecule has 6 nitrogen and oxygen atoms in total. The van der Waals surface area contributed by atoms with Crippen LogP contribution in [0.25, 0.3) is 0 Å². The average Bonchev–Trinajstić information content (AvgIpc) is 2.62. The van der Waals surface area contributed by atoms with E-state index in [4.69, 9.17) is 9.47 Å². The number of nitrogens with zero attached hydrogens (tertiary/aromatic N) is 1. The first-order chi connectivity index (χ1) is 11.6. The summed E-state index contributed by atoms with van der Waals surface area (Å²) in [5.41, 5.74) is 2.26. The summed E-state index contributed by atoms with van der Waals surface area (Å²) in [4.78, 5) is 26.1. The number of hydrogen-bond donors (Lipinski definition) is 1. The second-order valence-corrected chi connectivity index (χ2v) is 5.38. The summed E-state index contributed by atoms with van der Waals surface area (Å²) in [6, 6.07) is 13.9. The monoisotopic (exact) mass is 326 g/mol. The van der Waals surface area contributed by atoms with Gasteiger partial charge in [-0.05, 0) is 35.9 Å². The number of para-hydroxylation sites is 1. The highest BCUT2D eigenvalue weighted by Crippen LogP contribution is 2.38. The number of carbonyl (C=O) groups is 2. The number of methoxy groups -OCH3 is 2. The molecule has 1 aliphatic rings. The summed E-state index contributed by atoms with van der Waals surface area (Å²) in [7, 11) is 2.92. The van der Waals surface area contributed by atoms with Gasteiger partial charge in [0.15, 0.2) is 0 Å². The molecular formula is C18H18N2O4. The molecule has 6 heteroatoms. The van der Waals surface area contributed by atoms with Crippen molar-refractivity contribution in [1.82, 2.24) is 0 Å². The molecule has 3 rings (SSSR count). The quantitative estimate of drug-likeness (QED) is 0.875. The lowest BCUT2D eigenvalue weighted by Gasteiger charge is -2.37. The number of fused-ring (bicyclic) bond motifs is 1. The maximum atomic E-state index is 12.6. The van der Waals surface area contributed by atoms with Crippen molar-refractivity contribution in [3.05, 3.63) is 54.1 Å². The predicted octanol–water partition coefficient (Wildman–Crippen LogP) is 3.35. The second-order valence-electron chi connectivity index (χ2n) is 5.38. The number of rotatable bonds is 4. The van der Waals surface area contributed by atoms with E-state index in [-0.39, 0.29) is 18.4 Å². The van der Waals surface area contributed by atoms with Gasteiger partial charge in [0, 0.05) is 11.4 Å². The van der Waals surface area contributed by atoms with E-state index in [0.717, 1.165) is 5.56 Å². The Labute approximate surface area is 140 Å². The van der Waals surface area contributed by atoms with Crippen LogP contribution in [0.2, 0.25) is 0 Å². The number of anilines is 2. The molecular weight excluding hydrogens is 308 g/mol. The molecule has 0 bridgehead atoms. The van der Waals surface area contributed by atoms with E-state index >= 15 is 0 Å². The van der Waals surface area contributed by atoms with Crippen molar-refractivity contribution in [3.8, 4) is 5.75 Å². The van der Waals surface area contributed by atoms with E-state index in [1.165, 1.54) is 7.11 Å². The summed E-state index contributed by atoms with van der Waals surface area (Å²) in [5.74, 6) is 0.323. The Hall–Kier alpha value is -3.02. The van der Waals surface area contributed by atoms with Gasteiger partial charge in [-0.25, -0.2) is 4.79 Å². The van der Waals surface area contributed by atoms with Crippen LogP contribution in [-0.4, -0.2) is 26.2 Å². The first kappa shape index (κ1) is 15.9. The standard InChI is InChI=1S/C18H18N2O4/c1-23-13-9-7-12(8-10-13)20-16(11-17(21)24-2)14-5-3-4-6-15(14)19-18(20)22/h3-10,16H,11H2,1-2H3,(H,19,22). The third-order valence-electron chi connectivity index (χ3n) is 4.03. The Morgan fingerprint density at radius 2 is 1.83 bits per heavy atom. The van der Waals surface area contributed by atoms with Crippen LogP contribution >= 0.6 is 0 Å². The van der Waals surface area contributed by atoms with Crippen molar-refractivity contribution >= 4 is 23.4 Å². The number of ether oxygens (including phenoxy) is 2. The number of benzene rings is 2. The molecule has 0 aromatic heterocycles. The number of carbonyl (C=O) groups excluding carboxylic acids is 2. The van der Waals surface area contributed by atoms with Gasteiger partial charge in [-0.15, -0.1) is 0 Å². The van der Waals surface area contributed by atoms with Crippen LogP contribution < -0.4 is 15.0 Å². The first-order valence-corrected chi connectivity index (χ1v) is 7.54. The number of esters is 1. The zero-order valence-corrected chi connectivity index (χ0v) is 13.5. The highest BCUT2D eigenvalue weighted by Gasteiger charge is 2.35. The molecule has 0 saturated carbocycles. The van der Waals surface area contributed by atoms with Gasteiger partial charge >= 0.3 is 12.0 Å². The van der Waals surface area contributed by atoms with Crippen LogP contribution in [0.5, 0.6) is 5.75 Å². The zero-order valence-electron chi connectivity index (χ0n) is 13.5. The SMILES string of the molecule is COC(=O)CC1c2ccccc2NC(=O)N1c1ccc(OC)cc1. The Bertz CT molecular complexity index is 758. The highest BCUT2D eigenvalue weighted by molar-refractivity contribution is 6.05. The molecule has 2 aromatic carbocycles. The lowest BCUT2D eigenvalue weighted by atomic mass is 9.97. The van der Waals surface area contributed by atoms with E-state index in [1.54, 1.807) is 36.3 Å². The highest BCUT2D eigenvalue weighted by atomic mass is 16.5. The van der Waals surface area contributed by atoms with Crippen molar-refractivity contribution in [1.29, 1.82) is 0 Å². The Morgan fingerprint density at radius 3 is 2.50 bits per heavy atom. The Balaban J connectivity index is 2.04. The van der Waals surface area contributed by atoms with Crippen molar-refractivity contribution in [2.45, 2.75) is 12.5 Å². The number of nitrogens with one attached hydrogen (secondary N) is 1. The lowest BCUT2D eigenvalue weighted by Crippen LogP contribution is -2.43. The van der Waals surface area contributed by atoms with Crippen LogP contribution in [0.4, 0.5) is 16.2 Å². The fourth-order valence-corrected chi connectivity index (χ4v) is 2.84. The molecule has 0 saturated heterocycles. The van der Waals surface area contributed by atoms with Gasteiger partial charge in [0.05, 0.1) is 26.7 Å². The minimum absolute atomic E-state index is 0.0764. The molecule has 24 heavy (non-hydrogen) atoms. The molecule has 0 fully saturated rings. The van der Waals surface area contributed by atoms with E-state index < -0.39 is 6.04 Å². The van der Waals surface area contributed by atoms with E-state index in [2.05, 4.69) is 5.32 Å². The van der Waals surface area contributed by atoms with Gasteiger partial charge in [-0.3, -0.25) is 9.69 Å². The maximum absolute atomic E-state index is 12.6. The second kappa shape index (κ2) is 6.62. The lowest BCUT2D eigenvalue weighted by molar-refractivity contribution is -0.141. The first-order valence-electron chi connectivity index (χ1n) is 7.54. The predicted molar refractivity (Wildman–Crippen MR) is 90.3 cm³/mol. The molecule has 0 radical (unpaired) electrons. The molecule has 0 spiro atoms. The van der Waals surface area contributed by atoms with Crippen LogP contribution in [-0.2, 0) is 9.53 Å². The fourth-order valence-electron chi connectivity index (χ4n) is 2.84. The van der Waals surface area contributed by atoms with Crippen molar-refractivity contribution < 1.29 is 19.1 Å². The summed E-state index contributed by atoms with van der Waals surface area (Å²) in [6.07, 6.45) is 0.0764. The number of urea groups is 1. The molecule has 1 heterocycles. The largest absolute Gasteiger partial charge is 0.497 e. The van der Waals surface area contributed by atoms with E-state index in [1.807, 2.05) is 24.3 Å². The van der Waals surface area contributed by atoms with Gasteiger partial charge in [-0.2, -0.15) is 0 Å². The third kappa shape index (κ3) is 2.90. The minimum Gasteiger partial charge on any atom is -0.497 e. The van der Waals surface area contributed by atoms with Gasteiger partial charge in [0.25, 0.3) is 0 Å². The van der Waals surface area contributed by atoms with E-state index in [0.29, 0.717) is 17.1 Å². The molecule has 0 aliphatic carbocycles. The number of amides is 2. The summed E-state index contributed by atoms with van der Waals surface area (Å²) in [6.45, 7) is 0. The van der Waals surface area contributed by atoms with Gasteiger partial charge < -0.3 is 14.8 Å². The topological polar surface area (TPSA) is 67.9 Å². The van der Waals surface area contributed by atoms with Crippen LogP contribution in [0, 0.1) is 0 Å². The van der Waals surface area contributed by atoms with E-state index in [9.17, 15) is 9.59 Å². The van der Waals surface area contributed by atoms with Crippen LogP contribution in [0.1, 0.15) is 18.0 Å². The molecule has 1 atom stereocenters. The summed E-state index contributed by atoms with van der Waals surface area (Å²) < 4.78 is 9.96. The molecule has 2 aromatic rings. The van der Waals surface area contributed by atoms with Gasteiger partial charge in [0.1, 0.15) is 5.75 Å². The molecule has 1 unspecified atom stereocenters. The van der Waals surface area contributed by atoms with Gasteiger partial charge in [0.2, 0.25) is 0 Å². The van der Waals surface area contributed by atoms with Crippen molar-refractivity contribution in [2.75, 3.05) is 24.4 Å². The normalized spacial score (nSPS) is 16.2. The maximum Gasteiger partial charge on any atom is 0.326 e. The Morgan fingerprint density at radius 1 is 1.12 bits per heavy atom. The summed E-state index contributed by atoms with van der Waals surface area (Å²) >= 11 is 0. The minimum atomic E-state index is -0.434. The summed E-state index contributed by atoms with van der Waals surface area (Å²) in [5, 5.41) is 2.86. The zero-order chi connectivity index (χ0) is 17.1. The average molecular weight is 326 g/mol. The van der Waals surface area contributed by atoms with Crippen molar-refractivity contribution in [3.63, 3.8) is 0 Å². The number of hydrogen-bond acceptors (Lipinski definition) is 4. The smallest absolute Gasteiger partial charge is 0.326 e. The van der Waals surface area contributed by atoms with Crippen LogP contribution in [0.15, 0.2) is 48.5 Å². The molecule has 1 N–H and O–H groups in total. The van der Waals surface area contributed by atoms with Crippen molar-refractivity contribution in [2.24, 2.45) is 0 Å². The fraction of sp³-hybridized carbons (Fsp3) is 0.222. The molecule has 1 aliphatic heterocycles. The van der Waals surface area contributed by atoms with Crippen LogP contribution in [0.3, 0.4) is 0 Å².